The van der Waals surface area contributed by atoms with E-state index in [9.17, 15) is 5.11 Å². The minimum absolute atomic E-state index is 0.229. The number of phenolic OH excluding ortho intramolecular Hbond substituents is 1. The first-order valence-corrected chi connectivity index (χ1v) is 7.79. The van der Waals surface area contributed by atoms with Gasteiger partial charge in [-0.1, -0.05) is 13.8 Å². The fourth-order valence-electron chi connectivity index (χ4n) is 1.89. The Morgan fingerprint density at radius 2 is 1.70 bits per heavy atom. The van der Waals surface area contributed by atoms with Crippen LogP contribution in [-0.4, -0.2) is 5.11 Å². The van der Waals surface area contributed by atoms with Gasteiger partial charge in [0.1, 0.15) is 11.5 Å². The highest BCUT2D eigenvalue weighted by atomic mass is 79.9. The van der Waals surface area contributed by atoms with Crippen molar-refractivity contribution >= 4 is 31.9 Å². The summed E-state index contributed by atoms with van der Waals surface area (Å²) < 4.78 is 7.57. The fourth-order valence-corrected chi connectivity index (χ4v) is 3.33. The van der Waals surface area contributed by atoms with Crippen molar-refractivity contribution in [3.05, 3.63) is 57.3 Å². The topological polar surface area (TPSA) is 29.5 Å². The number of phenols is 1. The number of halogens is 2. The summed E-state index contributed by atoms with van der Waals surface area (Å²) in [6.07, 6.45) is 0. The highest BCUT2D eigenvalue weighted by molar-refractivity contribution is 9.11. The van der Waals surface area contributed by atoms with Crippen LogP contribution in [0.1, 0.15) is 30.9 Å². The molecule has 2 nitrogen and oxygen atoms in total. The Kier molecular flexibility index (Phi) is 4.76. The monoisotopic (exact) mass is 397 g/mol. The molecule has 0 aromatic heterocycles. The molecule has 0 fully saturated rings. The SMILES string of the molecule is [CH2]c1cc(Br)c(Oc2ccc(O)c(C(C)C)c2)c(Br)c1. The maximum Gasteiger partial charge on any atom is 0.155 e. The first kappa shape index (κ1) is 15.4. The zero-order chi connectivity index (χ0) is 14.9. The van der Waals surface area contributed by atoms with Crippen LogP contribution in [0.15, 0.2) is 39.3 Å². The summed E-state index contributed by atoms with van der Waals surface area (Å²) in [4.78, 5) is 0. The van der Waals surface area contributed by atoms with Crippen molar-refractivity contribution in [1.82, 2.24) is 0 Å². The van der Waals surface area contributed by atoms with Crippen LogP contribution in [0, 0.1) is 6.92 Å². The van der Waals surface area contributed by atoms with Crippen molar-refractivity contribution in [3.8, 4) is 17.2 Å². The van der Waals surface area contributed by atoms with Gasteiger partial charge in [0.15, 0.2) is 5.75 Å². The third-order valence-corrected chi connectivity index (χ3v) is 4.08. The predicted molar refractivity (Wildman–Crippen MR) is 88.6 cm³/mol. The van der Waals surface area contributed by atoms with Gasteiger partial charge in [0.25, 0.3) is 0 Å². The summed E-state index contributed by atoms with van der Waals surface area (Å²) in [5.74, 6) is 1.90. The Balaban J connectivity index is 2.38. The Hall–Kier alpha value is -1.000. The maximum absolute atomic E-state index is 9.83. The molecule has 20 heavy (non-hydrogen) atoms. The van der Waals surface area contributed by atoms with E-state index in [0.717, 1.165) is 20.1 Å². The summed E-state index contributed by atoms with van der Waals surface area (Å²) in [7, 11) is 0. The normalized spacial score (nSPS) is 10.9. The number of ether oxygens (including phenoxy) is 1. The molecule has 0 amide bonds. The molecule has 0 saturated carbocycles. The molecule has 2 aromatic rings. The first-order chi connectivity index (χ1) is 9.38. The number of aromatic hydroxyl groups is 1. The van der Waals surface area contributed by atoms with Gasteiger partial charge in [0.05, 0.1) is 8.95 Å². The van der Waals surface area contributed by atoms with E-state index in [1.807, 2.05) is 32.0 Å². The second kappa shape index (κ2) is 6.19. The summed E-state index contributed by atoms with van der Waals surface area (Å²) in [6.45, 7) is 7.95. The zero-order valence-corrected chi connectivity index (χ0v) is 14.5. The second-order valence-electron chi connectivity index (χ2n) is 4.87. The van der Waals surface area contributed by atoms with Crippen LogP contribution in [0.25, 0.3) is 0 Å². The van der Waals surface area contributed by atoms with Crippen LogP contribution >= 0.6 is 31.9 Å². The average molecular weight is 399 g/mol. The van der Waals surface area contributed by atoms with Crippen LogP contribution in [0.5, 0.6) is 17.2 Å². The zero-order valence-electron chi connectivity index (χ0n) is 11.3. The molecule has 2 rings (SSSR count). The Morgan fingerprint density at radius 1 is 1.10 bits per heavy atom. The molecule has 0 bridgehead atoms. The largest absolute Gasteiger partial charge is 0.508 e. The van der Waals surface area contributed by atoms with Crippen molar-refractivity contribution in [2.75, 3.05) is 0 Å². The van der Waals surface area contributed by atoms with Gasteiger partial charge in [-0.3, -0.25) is 0 Å². The van der Waals surface area contributed by atoms with Crippen molar-refractivity contribution < 1.29 is 9.84 Å². The quantitative estimate of drug-likeness (QED) is 0.685. The number of hydrogen-bond acceptors (Lipinski definition) is 2. The molecule has 0 unspecified atom stereocenters. The minimum atomic E-state index is 0.229. The molecule has 105 valence electrons. The van der Waals surface area contributed by atoms with E-state index in [4.69, 9.17) is 4.74 Å². The van der Waals surface area contributed by atoms with Crippen LogP contribution in [0.3, 0.4) is 0 Å². The lowest BCUT2D eigenvalue weighted by Gasteiger charge is -2.14. The van der Waals surface area contributed by atoms with Crippen molar-refractivity contribution in [3.63, 3.8) is 0 Å². The lowest BCUT2D eigenvalue weighted by atomic mass is 10.0. The number of benzene rings is 2. The Morgan fingerprint density at radius 3 is 2.25 bits per heavy atom. The molecule has 0 aliphatic rings. The second-order valence-corrected chi connectivity index (χ2v) is 6.57. The molecule has 0 spiro atoms. The highest BCUT2D eigenvalue weighted by Crippen LogP contribution is 2.39. The van der Waals surface area contributed by atoms with Crippen LogP contribution in [0.2, 0.25) is 0 Å². The van der Waals surface area contributed by atoms with Gasteiger partial charge in [0, 0.05) is 5.56 Å². The molecule has 4 heteroatoms. The lowest BCUT2D eigenvalue weighted by Crippen LogP contribution is -1.92. The van der Waals surface area contributed by atoms with Crippen molar-refractivity contribution in [2.24, 2.45) is 0 Å². The van der Waals surface area contributed by atoms with Gasteiger partial charge in [0.2, 0.25) is 0 Å². The van der Waals surface area contributed by atoms with Crippen molar-refractivity contribution in [1.29, 1.82) is 0 Å². The lowest BCUT2D eigenvalue weighted by molar-refractivity contribution is 0.453. The summed E-state index contributed by atoms with van der Waals surface area (Å²) in [6, 6.07) is 9.05. The molecule has 0 saturated heterocycles. The van der Waals surface area contributed by atoms with Gasteiger partial charge in [-0.05, 0) is 80.6 Å². The average Bonchev–Trinajstić information content (AvgIpc) is 2.35. The predicted octanol–water partition coefficient (Wildman–Crippen LogP) is 6.02. The standard InChI is InChI=1S/C16H15Br2O2/c1-9(2)12-8-11(4-5-15(12)19)20-16-13(17)6-10(3)7-14(16)18/h4-9,19H,3H2,1-2H3. The molecule has 1 N–H and O–H groups in total. The van der Waals surface area contributed by atoms with Gasteiger partial charge < -0.3 is 9.84 Å². The maximum atomic E-state index is 9.83. The minimum Gasteiger partial charge on any atom is -0.508 e. The number of hydrogen-bond donors (Lipinski definition) is 1. The molecule has 1 radical (unpaired) electrons. The van der Waals surface area contributed by atoms with E-state index in [1.54, 1.807) is 12.1 Å². The van der Waals surface area contributed by atoms with E-state index in [2.05, 4.69) is 38.8 Å². The highest BCUT2D eigenvalue weighted by Gasteiger charge is 2.12. The molecular weight excluding hydrogens is 384 g/mol. The van der Waals surface area contributed by atoms with E-state index < -0.39 is 0 Å². The Labute approximate surface area is 136 Å². The van der Waals surface area contributed by atoms with Crippen LogP contribution < -0.4 is 4.74 Å². The van der Waals surface area contributed by atoms with Crippen LogP contribution in [0.4, 0.5) is 0 Å². The van der Waals surface area contributed by atoms with Gasteiger partial charge in [-0.25, -0.2) is 0 Å². The van der Waals surface area contributed by atoms with Crippen molar-refractivity contribution in [2.45, 2.75) is 19.8 Å². The summed E-state index contributed by atoms with van der Waals surface area (Å²) in [5.41, 5.74) is 1.76. The van der Waals surface area contributed by atoms with E-state index >= 15 is 0 Å². The molecule has 0 heterocycles. The molecule has 0 atom stereocenters. The fraction of sp³-hybridized carbons (Fsp3) is 0.188. The molecule has 0 aliphatic carbocycles. The summed E-state index contributed by atoms with van der Waals surface area (Å²) in [5, 5.41) is 9.83. The third-order valence-electron chi connectivity index (χ3n) is 2.90. The first-order valence-electron chi connectivity index (χ1n) is 6.20. The summed E-state index contributed by atoms with van der Waals surface area (Å²) >= 11 is 6.95. The third kappa shape index (κ3) is 3.36. The van der Waals surface area contributed by atoms with Crippen LogP contribution in [-0.2, 0) is 0 Å². The Bertz CT molecular complexity index is 613. The van der Waals surface area contributed by atoms with Gasteiger partial charge in [-0.15, -0.1) is 0 Å². The van der Waals surface area contributed by atoms with E-state index in [-0.39, 0.29) is 5.92 Å². The van der Waals surface area contributed by atoms with E-state index in [1.165, 1.54) is 0 Å². The van der Waals surface area contributed by atoms with Gasteiger partial charge in [-0.2, -0.15) is 0 Å². The molecule has 0 aliphatic heterocycles. The number of rotatable bonds is 3. The molecular formula is C16H15Br2O2. The van der Waals surface area contributed by atoms with E-state index in [0.29, 0.717) is 17.2 Å². The molecule has 2 aromatic carbocycles. The van der Waals surface area contributed by atoms with Gasteiger partial charge >= 0.3 is 0 Å². The smallest absolute Gasteiger partial charge is 0.155 e.